The second-order valence-corrected chi connectivity index (χ2v) is 7.75. The lowest BCUT2D eigenvalue weighted by molar-refractivity contribution is -0.119. The number of amides is 2. The Hall–Kier alpha value is -3.02. The molecule has 0 aliphatic carbocycles. The fourth-order valence-corrected chi connectivity index (χ4v) is 3.63. The Bertz CT molecular complexity index is 919. The summed E-state index contributed by atoms with van der Waals surface area (Å²) in [5, 5.41) is 5.89. The lowest BCUT2D eigenvalue weighted by Gasteiger charge is -2.30. The number of methoxy groups -OCH3 is 2. The molecule has 0 saturated heterocycles. The van der Waals surface area contributed by atoms with Crippen molar-refractivity contribution in [3.63, 3.8) is 0 Å². The standard InChI is InChI=1S/C23H30N2O4/c1-14-8-10-18(15(2)21(14)23(4,5)13-24-16(3)26)25-22(27)17-9-11-19(28-6)20(12-17)29-7/h8-12H,13H2,1-7H3,(H,24,26)(H,25,27). The Morgan fingerprint density at radius 3 is 2.24 bits per heavy atom. The summed E-state index contributed by atoms with van der Waals surface area (Å²) in [6, 6.07) is 8.95. The predicted molar refractivity (Wildman–Crippen MR) is 115 cm³/mol. The van der Waals surface area contributed by atoms with E-state index in [1.165, 1.54) is 14.0 Å². The largest absolute Gasteiger partial charge is 0.493 e. The summed E-state index contributed by atoms with van der Waals surface area (Å²) in [6.07, 6.45) is 0. The van der Waals surface area contributed by atoms with Gasteiger partial charge in [0, 0.05) is 30.1 Å². The SMILES string of the molecule is COc1ccc(C(=O)Nc2ccc(C)c(C(C)(C)CNC(C)=O)c2C)cc1OC. The van der Waals surface area contributed by atoms with E-state index in [0.29, 0.717) is 23.6 Å². The van der Waals surface area contributed by atoms with Crippen molar-refractivity contribution in [2.75, 3.05) is 26.1 Å². The van der Waals surface area contributed by atoms with Gasteiger partial charge in [-0.15, -0.1) is 0 Å². The monoisotopic (exact) mass is 398 g/mol. The molecule has 2 amide bonds. The summed E-state index contributed by atoms with van der Waals surface area (Å²) in [4.78, 5) is 24.2. The maximum atomic E-state index is 12.8. The van der Waals surface area contributed by atoms with Crippen molar-refractivity contribution in [3.8, 4) is 11.5 Å². The van der Waals surface area contributed by atoms with Gasteiger partial charge in [-0.25, -0.2) is 0 Å². The van der Waals surface area contributed by atoms with E-state index in [4.69, 9.17) is 9.47 Å². The van der Waals surface area contributed by atoms with Gasteiger partial charge in [-0.05, 0) is 54.8 Å². The van der Waals surface area contributed by atoms with Gasteiger partial charge >= 0.3 is 0 Å². The van der Waals surface area contributed by atoms with E-state index in [2.05, 4.69) is 24.5 Å². The van der Waals surface area contributed by atoms with Crippen molar-refractivity contribution in [1.29, 1.82) is 0 Å². The summed E-state index contributed by atoms with van der Waals surface area (Å²) >= 11 is 0. The number of carbonyl (C=O) groups excluding carboxylic acids is 2. The van der Waals surface area contributed by atoms with Crippen LogP contribution in [0.1, 0.15) is 47.8 Å². The van der Waals surface area contributed by atoms with Gasteiger partial charge in [0.15, 0.2) is 11.5 Å². The molecule has 0 saturated carbocycles. The summed E-state index contributed by atoms with van der Waals surface area (Å²) in [6.45, 7) is 10.2. The summed E-state index contributed by atoms with van der Waals surface area (Å²) in [5.74, 6) is 0.769. The second-order valence-electron chi connectivity index (χ2n) is 7.75. The average molecular weight is 399 g/mol. The number of benzene rings is 2. The highest BCUT2D eigenvalue weighted by molar-refractivity contribution is 6.05. The van der Waals surface area contributed by atoms with E-state index < -0.39 is 0 Å². The van der Waals surface area contributed by atoms with Crippen LogP contribution in [-0.4, -0.2) is 32.6 Å². The molecule has 0 heterocycles. The van der Waals surface area contributed by atoms with Crippen LogP contribution in [0.4, 0.5) is 5.69 Å². The lowest BCUT2D eigenvalue weighted by atomic mass is 9.78. The molecule has 29 heavy (non-hydrogen) atoms. The first-order chi connectivity index (χ1) is 13.6. The number of aryl methyl sites for hydroxylation is 1. The van der Waals surface area contributed by atoms with Crippen molar-refractivity contribution >= 4 is 17.5 Å². The smallest absolute Gasteiger partial charge is 0.255 e. The molecule has 2 N–H and O–H groups in total. The highest BCUT2D eigenvalue weighted by Gasteiger charge is 2.26. The van der Waals surface area contributed by atoms with Gasteiger partial charge in [0.05, 0.1) is 14.2 Å². The van der Waals surface area contributed by atoms with E-state index in [-0.39, 0.29) is 17.2 Å². The van der Waals surface area contributed by atoms with Crippen molar-refractivity contribution in [2.45, 2.75) is 40.0 Å². The quantitative estimate of drug-likeness (QED) is 0.739. The van der Waals surface area contributed by atoms with Gasteiger partial charge < -0.3 is 20.1 Å². The Balaban J connectivity index is 2.34. The maximum Gasteiger partial charge on any atom is 0.255 e. The summed E-state index contributed by atoms with van der Waals surface area (Å²) in [5.41, 5.74) is 4.12. The van der Waals surface area contributed by atoms with Crippen molar-refractivity contribution in [1.82, 2.24) is 5.32 Å². The average Bonchev–Trinajstić information content (AvgIpc) is 2.67. The molecule has 0 bridgehead atoms. The van der Waals surface area contributed by atoms with Gasteiger partial charge in [-0.2, -0.15) is 0 Å². The minimum absolute atomic E-state index is 0.0636. The van der Waals surface area contributed by atoms with E-state index >= 15 is 0 Å². The molecule has 2 aromatic carbocycles. The molecule has 2 rings (SSSR count). The van der Waals surface area contributed by atoms with Crippen LogP contribution in [0.2, 0.25) is 0 Å². The molecule has 6 nitrogen and oxygen atoms in total. The number of carbonyl (C=O) groups is 2. The minimum Gasteiger partial charge on any atom is -0.493 e. The normalized spacial score (nSPS) is 11.0. The fourth-order valence-electron chi connectivity index (χ4n) is 3.63. The molecule has 0 fully saturated rings. The molecule has 0 atom stereocenters. The number of ether oxygens (including phenoxy) is 2. The topological polar surface area (TPSA) is 76.7 Å². The van der Waals surface area contributed by atoms with Crippen LogP contribution in [0.5, 0.6) is 11.5 Å². The number of rotatable bonds is 7. The zero-order valence-corrected chi connectivity index (χ0v) is 18.2. The number of anilines is 1. The highest BCUT2D eigenvalue weighted by atomic mass is 16.5. The molecule has 0 aromatic heterocycles. The summed E-state index contributed by atoms with van der Waals surface area (Å²) in [7, 11) is 3.09. The van der Waals surface area contributed by atoms with Crippen molar-refractivity contribution in [2.24, 2.45) is 0 Å². The maximum absolute atomic E-state index is 12.8. The van der Waals surface area contributed by atoms with Crippen LogP contribution in [-0.2, 0) is 10.2 Å². The van der Waals surface area contributed by atoms with Crippen LogP contribution < -0.4 is 20.1 Å². The first-order valence-electron chi connectivity index (χ1n) is 9.49. The zero-order valence-electron chi connectivity index (χ0n) is 18.2. The lowest BCUT2D eigenvalue weighted by Crippen LogP contribution is -2.36. The first-order valence-corrected chi connectivity index (χ1v) is 9.49. The highest BCUT2D eigenvalue weighted by Crippen LogP contribution is 2.34. The fraction of sp³-hybridized carbons (Fsp3) is 0.391. The van der Waals surface area contributed by atoms with Crippen molar-refractivity contribution < 1.29 is 19.1 Å². The van der Waals surface area contributed by atoms with Gasteiger partial charge in [-0.3, -0.25) is 9.59 Å². The number of hydrogen-bond donors (Lipinski definition) is 2. The molecule has 0 aliphatic heterocycles. The van der Waals surface area contributed by atoms with Crippen LogP contribution in [0.3, 0.4) is 0 Å². The van der Waals surface area contributed by atoms with Crippen molar-refractivity contribution in [3.05, 3.63) is 52.6 Å². The Kier molecular flexibility index (Phi) is 6.90. The summed E-state index contributed by atoms with van der Waals surface area (Å²) < 4.78 is 10.5. The van der Waals surface area contributed by atoms with Gasteiger partial charge in [0.2, 0.25) is 5.91 Å². The molecular weight excluding hydrogens is 368 g/mol. The molecule has 156 valence electrons. The molecule has 2 aromatic rings. The van der Waals surface area contributed by atoms with E-state index in [0.717, 1.165) is 22.4 Å². The third-order valence-corrected chi connectivity index (χ3v) is 5.02. The minimum atomic E-state index is -0.288. The first kappa shape index (κ1) is 22.3. The van der Waals surface area contributed by atoms with Crippen LogP contribution in [0.15, 0.2) is 30.3 Å². The second kappa shape index (κ2) is 8.99. The van der Waals surface area contributed by atoms with Gasteiger partial charge in [0.1, 0.15) is 0 Å². The van der Waals surface area contributed by atoms with Crippen LogP contribution in [0, 0.1) is 13.8 Å². The molecule has 0 radical (unpaired) electrons. The Labute approximate surface area is 172 Å². The van der Waals surface area contributed by atoms with Gasteiger partial charge in [0.25, 0.3) is 5.91 Å². The molecular formula is C23H30N2O4. The zero-order chi connectivity index (χ0) is 21.8. The third kappa shape index (κ3) is 5.08. The third-order valence-electron chi connectivity index (χ3n) is 5.02. The number of nitrogens with one attached hydrogen (secondary N) is 2. The van der Waals surface area contributed by atoms with E-state index in [1.54, 1.807) is 25.3 Å². The molecule has 0 spiro atoms. The molecule has 6 heteroatoms. The number of hydrogen-bond acceptors (Lipinski definition) is 4. The molecule has 0 aliphatic rings. The predicted octanol–water partition coefficient (Wildman–Crippen LogP) is 3.99. The van der Waals surface area contributed by atoms with Crippen LogP contribution >= 0.6 is 0 Å². The van der Waals surface area contributed by atoms with E-state index in [1.807, 2.05) is 26.0 Å². The van der Waals surface area contributed by atoms with Crippen LogP contribution in [0.25, 0.3) is 0 Å². The Morgan fingerprint density at radius 2 is 1.66 bits per heavy atom. The molecule has 0 unspecified atom stereocenters. The van der Waals surface area contributed by atoms with Gasteiger partial charge in [-0.1, -0.05) is 19.9 Å². The van der Waals surface area contributed by atoms with E-state index in [9.17, 15) is 9.59 Å². The Morgan fingerprint density at radius 1 is 1.00 bits per heavy atom.